The van der Waals surface area contributed by atoms with E-state index in [1.54, 1.807) is 0 Å². The molecule has 0 fully saturated rings. The van der Waals surface area contributed by atoms with Crippen LogP contribution in [0.2, 0.25) is 0 Å². The molecule has 0 aliphatic carbocycles. The van der Waals surface area contributed by atoms with Gasteiger partial charge in [-0.1, -0.05) is 30.3 Å². The molecule has 2 aromatic rings. The van der Waals surface area contributed by atoms with Crippen molar-refractivity contribution >= 4 is 5.69 Å². The monoisotopic (exact) mass is 255 g/mol. The fourth-order valence-electron chi connectivity index (χ4n) is 1.79. The SMILES string of the molecule is CC(C)(C)Oc1ccc(CNc2ccccc2)cc1. The number of nitrogens with one attached hydrogen (secondary N) is 1. The minimum absolute atomic E-state index is 0.149. The maximum atomic E-state index is 5.80. The second kappa shape index (κ2) is 5.79. The Morgan fingerprint density at radius 2 is 1.53 bits per heavy atom. The highest BCUT2D eigenvalue weighted by Gasteiger charge is 2.11. The molecule has 2 heteroatoms. The van der Waals surface area contributed by atoms with Gasteiger partial charge in [0, 0.05) is 12.2 Å². The standard InChI is InChI=1S/C17H21NO/c1-17(2,3)19-16-11-9-14(10-12-16)13-18-15-7-5-4-6-8-15/h4-12,18H,13H2,1-3H3. The van der Waals surface area contributed by atoms with Crippen LogP contribution in [0, 0.1) is 0 Å². The highest BCUT2D eigenvalue weighted by Crippen LogP contribution is 2.19. The molecule has 0 heterocycles. The van der Waals surface area contributed by atoms with Crippen molar-refractivity contribution in [3.05, 3.63) is 60.2 Å². The zero-order valence-corrected chi connectivity index (χ0v) is 11.8. The summed E-state index contributed by atoms with van der Waals surface area (Å²) in [6.45, 7) is 6.98. The Hall–Kier alpha value is -1.96. The molecule has 0 atom stereocenters. The molecule has 0 bridgehead atoms. The van der Waals surface area contributed by atoms with Crippen LogP contribution in [-0.2, 0) is 6.54 Å². The Balaban J connectivity index is 1.92. The second-order valence-electron chi connectivity index (χ2n) is 5.58. The van der Waals surface area contributed by atoms with E-state index in [9.17, 15) is 0 Å². The van der Waals surface area contributed by atoms with Crippen LogP contribution >= 0.6 is 0 Å². The number of hydrogen-bond donors (Lipinski definition) is 1. The van der Waals surface area contributed by atoms with E-state index in [0.29, 0.717) is 0 Å². The van der Waals surface area contributed by atoms with Crippen LogP contribution in [0.5, 0.6) is 5.75 Å². The van der Waals surface area contributed by atoms with E-state index in [1.165, 1.54) is 5.56 Å². The molecule has 0 radical (unpaired) electrons. The lowest BCUT2D eigenvalue weighted by molar-refractivity contribution is 0.131. The molecule has 2 aromatic carbocycles. The minimum atomic E-state index is -0.149. The fraction of sp³-hybridized carbons (Fsp3) is 0.294. The predicted molar refractivity (Wildman–Crippen MR) is 80.6 cm³/mol. The molecule has 1 N–H and O–H groups in total. The number of para-hydroxylation sites is 1. The van der Waals surface area contributed by atoms with Crippen molar-refractivity contribution < 1.29 is 4.74 Å². The van der Waals surface area contributed by atoms with E-state index in [1.807, 2.05) is 30.3 Å². The first-order valence-electron chi connectivity index (χ1n) is 6.60. The van der Waals surface area contributed by atoms with Crippen molar-refractivity contribution in [2.45, 2.75) is 32.9 Å². The van der Waals surface area contributed by atoms with E-state index < -0.39 is 0 Å². The normalized spacial score (nSPS) is 11.1. The third-order valence-electron chi connectivity index (χ3n) is 2.62. The van der Waals surface area contributed by atoms with Gasteiger partial charge in [0.15, 0.2) is 0 Å². The maximum Gasteiger partial charge on any atom is 0.120 e. The minimum Gasteiger partial charge on any atom is -0.488 e. The molecule has 0 aliphatic rings. The molecular formula is C17H21NO. The van der Waals surface area contributed by atoms with Crippen LogP contribution in [0.25, 0.3) is 0 Å². The van der Waals surface area contributed by atoms with Gasteiger partial charge in [-0.25, -0.2) is 0 Å². The van der Waals surface area contributed by atoms with Gasteiger partial charge in [-0.15, -0.1) is 0 Å². The molecule has 0 unspecified atom stereocenters. The topological polar surface area (TPSA) is 21.3 Å². The van der Waals surface area contributed by atoms with Crippen molar-refractivity contribution in [1.29, 1.82) is 0 Å². The average molecular weight is 255 g/mol. The number of benzene rings is 2. The van der Waals surface area contributed by atoms with Gasteiger partial charge in [-0.2, -0.15) is 0 Å². The number of hydrogen-bond acceptors (Lipinski definition) is 2. The Labute approximate surface area is 115 Å². The van der Waals surface area contributed by atoms with Crippen molar-refractivity contribution in [3.8, 4) is 5.75 Å². The van der Waals surface area contributed by atoms with E-state index in [0.717, 1.165) is 18.0 Å². The Morgan fingerprint density at radius 1 is 0.895 bits per heavy atom. The molecule has 0 amide bonds. The van der Waals surface area contributed by atoms with Gasteiger partial charge >= 0.3 is 0 Å². The molecule has 100 valence electrons. The summed E-state index contributed by atoms with van der Waals surface area (Å²) < 4.78 is 5.80. The van der Waals surface area contributed by atoms with Gasteiger partial charge < -0.3 is 10.1 Å². The summed E-state index contributed by atoms with van der Waals surface area (Å²) in [4.78, 5) is 0. The Kier molecular flexibility index (Phi) is 4.10. The average Bonchev–Trinajstić information content (AvgIpc) is 2.37. The second-order valence-corrected chi connectivity index (χ2v) is 5.58. The molecule has 0 saturated carbocycles. The summed E-state index contributed by atoms with van der Waals surface area (Å²) in [7, 11) is 0. The zero-order valence-electron chi connectivity index (χ0n) is 11.8. The molecule has 0 saturated heterocycles. The van der Waals surface area contributed by atoms with Crippen LogP contribution < -0.4 is 10.1 Å². The first-order chi connectivity index (χ1) is 9.03. The van der Waals surface area contributed by atoms with Crippen LogP contribution in [0.15, 0.2) is 54.6 Å². The first kappa shape index (κ1) is 13.5. The van der Waals surface area contributed by atoms with Gasteiger partial charge in [0.05, 0.1) is 0 Å². The van der Waals surface area contributed by atoms with E-state index >= 15 is 0 Å². The fourth-order valence-corrected chi connectivity index (χ4v) is 1.79. The van der Waals surface area contributed by atoms with Gasteiger partial charge in [-0.3, -0.25) is 0 Å². The van der Waals surface area contributed by atoms with Crippen molar-refractivity contribution in [2.24, 2.45) is 0 Å². The maximum absolute atomic E-state index is 5.80. The number of rotatable bonds is 4. The predicted octanol–water partition coefficient (Wildman–Crippen LogP) is 4.48. The van der Waals surface area contributed by atoms with Gasteiger partial charge in [0.25, 0.3) is 0 Å². The first-order valence-corrected chi connectivity index (χ1v) is 6.60. The summed E-state index contributed by atoms with van der Waals surface area (Å²) in [5, 5.41) is 3.39. The zero-order chi connectivity index (χ0) is 13.7. The lowest BCUT2D eigenvalue weighted by Gasteiger charge is -2.21. The summed E-state index contributed by atoms with van der Waals surface area (Å²) in [5.74, 6) is 0.913. The van der Waals surface area contributed by atoms with E-state index in [4.69, 9.17) is 4.74 Å². The van der Waals surface area contributed by atoms with E-state index in [2.05, 4.69) is 50.4 Å². The molecular weight excluding hydrogens is 234 g/mol. The molecule has 0 spiro atoms. The summed E-state index contributed by atoms with van der Waals surface area (Å²) in [6, 6.07) is 18.4. The van der Waals surface area contributed by atoms with Crippen molar-refractivity contribution in [2.75, 3.05) is 5.32 Å². The molecule has 2 rings (SSSR count). The van der Waals surface area contributed by atoms with Crippen molar-refractivity contribution in [3.63, 3.8) is 0 Å². The van der Waals surface area contributed by atoms with E-state index in [-0.39, 0.29) is 5.60 Å². The van der Waals surface area contributed by atoms with Crippen LogP contribution in [0.3, 0.4) is 0 Å². The molecule has 0 aliphatic heterocycles. The third kappa shape index (κ3) is 4.66. The third-order valence-corrected chi connectivity index (χ3v) is 2.62. The summed E-state index contributed by atoms with van der Waals surface area (Å²) in [5.41, 5.74) is 2.23. The number of ether oxygens (including phenoxy) is 1. The lowest BCUT2D eigenvalue weighted by atomic mass is 10.1. The Morgan fingerprint density at radius 3 is 2.11 bits per heavy atom. The van der Waals surface area contributed by atoms with Gasteiger partial charge in [-0.05, 0) is 50.6 Å². The smallest absolute Gasteiger partial charge is 0.120 e. The summed E-state index contributed by atoms with van der Waals surface area (Å²) in [6.07, 6.45) is 0. The Bertz CT molecular complexity index is 497. The van der Waals surface area contributed by atoms with Crippen LogP contribution in [0.1, 0.15) is 26.3 Å². The molecule has 2 nitrogen and oxygen atoms in total. The van der Waals surface area contributed by atoms with Crippen LogP contribution in [0.4, 0.5) is 5.69 Å². The quantitative estimate of drug-likeness (QED) is 0.870. The largest absolute Gasteiger partial charge is 0.488 e. The highest BCUT2D eigenvalue weighted by atomic mass is 16.5. The van der Waals surface area contributed by atoms with Crippen LogP contribution in [-0.4, -0.2) is 5.60 Å². The summed E-state index contributed by atoms with van der Waals surface area (Å²) >= 11 is 0. The highest BCUT2D eigenvalue weighted by molar-refractivity contribution is 5.43. The van der Waals surface area contributed by atoms with Gasteiger partial charge in [0.1, 0.15) is 11.4 Å². The van der Waals surface area contributed by atoms with Crippen molar-refractivity contribution in [1.82, 2.24) is 0 Å². The molecule has 0 aromatic heterocycles. The van der Waals surface area contributed by atoms with Gasteiger partial charge in [0.2, 0.25) is 0 Å². The number of anilines is 1. The molecule has 19 heavy (non-hydrogen) atoms. The lowest BCUT2D eigenvalue weighted by Crippen LogP contribution is -2.22.